The highest BCUT2D eigenvalue weighted by molar-refractivity contribution is 6.31. The van der Waals surface area contributed by atoms with Crippen LogP contribution in [0.15, 0.2) is 53.1 Å². The maximum absolute atomic E-state index is 11.3. The summed E-state index contributed by atoms with van der Waals surface area (Å²) < 4.78 is 5.56. The Kier molecular flexibility index (Phi) is 4.44. The van der Waals surface area contributed by atoms with Crippen LogP contribution in [0, 0.1) is 0 Å². The summed E-state index contributed by atoms with van der Waals surface area (Å²) in [4.78, 5) is 26.8. The molecule has 2 aromatic carbocycles. The molecule has 0 spiro atoms. The Hall–Kier alpha value is -2.92. The number of ketones is 1. The number of aromatic nitrogens is 1. The molecule has 0 bridgehead atoms. The summed E-state index contributed by atoms with van der Waals surface area (Å²) in [6.45, 7) is 1.51. The van der Waals surface area contributed by atoms with E-state index < -0.39 is 0 Å². The number of fused-ring (bicyclic) bond motifs is 1. The molecule has 0 atom stereocenters. The van der Waals surface area contributed by atoms with Crippen molar-refractivity contribution in [2.75, 3.05) is 5.32 Å². The zero-order chi connectivity index (χ0) is 17.1. The summed E-state index contributed by atoms with van der Waals surface area (Å²) >= 11 is 5.92. The standard InChI is InChI=1S/C18H13ClN2O3/c1-11(23)12-2-5-15(6-3-12)20-9-13(10-22)18-21-16-8-14(19)4-7-17(16)24-18/h2-10,20H,1H3. The van der Waals surface area contributed by atoms with Gasteiger partial charge >= 0.3 is 0 Å². The van der Waals surface area contributed by atoms with Crippen molar-refractivity contribution in [2.24, 2.45) is 0 Å². The Morgan fingerprint density at radius 1 is 1.21 bits per heavy atom. The molecule has 1 heterocycles. The van der Waals surface area contributed by atoms with Gasteiger partial charge < -0.3 is 9.73 Å². The van der Waals surface area contributed by atoms with E-state index in [-0.39, 0.29) is 17.2 Å². The van der Waals surface area contributed by atoms with Gasteiger partial charge in [0.1, 0.15) is 5.52 Å². The highest BCUT2D eigenvalue weighted by Gasteiger charge is 2.10. The zero-order valence-electron chi connectivity index (χ0n) is 12.7. The molecule has 5 nitrogen and oxygen atoms in total. The topological polar surface area (TPSA) is 72.2 Å². The molecule has 1 N–H and O–H groups in total. The number of oxazole rings is 1. The van der Waals surface area contributed by atoms with E-state index in [1.807, 2.05) is 0 Å². The normalized spacial score (nSPS) is 11.5. The van der Waals surface area contributed by atoms with E-state index in [0.29, 0.717) is 28.0 Å². The molecule has 0 aliphatic carbocycles. The van der Waals surface area contributed by atoms with Crippen molar-refractivity contribution in [2.45, 2.75) is 6.92 Å². The molecule has 0 unspecified atom stereocenters. The van der Waals surface area contributed by atoms with E-state index in [1.54, 1.807) is 42.5 Å². The molecule has 120 valence electrons. The monoisotopic (exact) mass is 340 g/mol. The van der Waals surface area contributed by atoms with E-state index in [0.717, 1.165) is 5.69 Å². The first-order valence-corrected chi connectivity index (χ1v) is 7.54. The maximum atomic E-state index is 11.3. The quantitative estimate of drug-likeness (QED) is 0.425. The van der Waals surface area contributed by atoms with Crippen LogP contribution in [0.3, 0.4) is 0 Å². The van der Waals surface area contributed by atoms with Gasteiger partial charge in [0.15, 0.2) is 17.7 Å². The Bertz CT molecular complexity index is 943. The number of benzene rings is 2. The first-order chi connectivity index (χ1) is 11.6. The van der Waals surface area contributed by atoms with Crippen LogP contribution in [-0.4, -0.2) is 17.1 Å². The predicted molar refractivity (Wildman–Crippen MR) is 93.1 cm³/mol. The number of aldehydes is 1. The molecule has 3 aromatic rings. The molecule has 1 aromatic heterocycles. The Morgan fingerprint density at radius 2 is 1.96 bits per heavy atom. The molecule has 3 rings (SSSR count). The van der Waals surface area contributed by atoms with Crippen LogP contribution < -0.4 is 5.32 Å². The number of rotatable bonds is 5. The van der Waals surface area contributed by atoms with Crippen LogP contribution >= 0.6 is 11.6 Å². The largest absolute Gasteiger partial charge is 0.436 e. The van der Waals surface area contributed by atoms with Crippen molar-refractivity contribution in [3.8, 4) is 0 Å². The molecule has 24 heavy (non-hydrogen) atoms. The lowest BCUT2D eigenvalue weighted by Gasteiger charge is -2.02. The molecule has 6 heteroatoms. The van der Waals surface area contributed by atoms with Crippen LogP contribution in [-0.2, 0) is 4.79 Å². The molecule has 0 fully saturated rings. The third-order valence-electron chi connectivity index (χ3n) is 3.41. The number of anilines is 1. The molecule has 0 amide bonds. The fraction of sp³-hybridized carbons (Fsp3) is 0.0556. The summed E-state index contributed by atoms with van der Waals surface area (Å²) in [5.41, 5.74) is 2.75. The Morgan fingerprint density at radius 3 is 2.62 bits per heavy atom. The van der Waals surface area contributed by atoms with Crippen molar-refractivity contribution in [3.63, 3.8) is 0 Å². The van der Waals surface area contributed by atoms with Crippen molar-refractivity contribution >= 4 is 46.0 Å². The second kappa shape index (κ2) is 6.68. The van der Waals surface area contributed by atoms with Gasteiger partial charge in [-0.05, 0) is 49.4 Å². The smallest absolute Gasteiger partial charge is 0.232 e. The second-order valence-corrected chi connectivity index (χ2v) is 5.56. The summed E-state index contributed by atoms with van der Waals surface area (Å²) in [5, 5.41) is 3.53. The fourth-order valence-corrected chi connectivity index (χ4v) is 2.30. The molecular weight excluding hydrogens is 328 g/mol. The van der Waals surface area contributed by atoms with E-state index in [2.05, 4.69) is 10.3 Å². The molecule has 0 saturated heterocycles. The number of hydrogen-bond donors (Lipinski definition) is 1. The number of hydrogen-bond acceptors (Lipinski definition) is 5. The van der Waals surface area contributed by atoms with Crippen LogP contribution in [0.25, 0.3) is 16.7 Å². The molecule has 0 aliphatic rings. The third kappa shape index (κ3) is 3.36. The molecule has 0 radical (unpaired) electrons. The summed E-state index contributed by atoms with van der Waals surface area (Å²) in [7, 11) is 0. The van der Waals surface area contributed by atoms with E-state index in [4.69, 9.17) is 16.0 Å². The SMILES string of the molecule is CC(=O)c1ccc(NC=C(C=O)c2nc3cc(Cl)ccc3o2)cc1. The minimum atomic E-state index is -0.00388. The van der Waals surface area contributed by atoms with Crippen LogP contribution in [0.5, 0.6) is 0 Å². The number of carbonyl (C=O) groups excluding carboxylic acids is 2. The number of nitrogens with one attached hydrogen (secondary N) is 1. The van der Waals surface area contributed by atoms with Gasteiger partial charge in [0.05, 0.1) is 5.57 Å². The number of Topliss-reactive ketones (excluding diaryl/α,β-unsaturated/α-hetero) is 1. The average Bonchev–Trinajstić information content (AvgIpc) is 2.98. The van der Waals surface area contributed by atoms with E-state index in [1.165, 1.54) is 13.1 Å². The minimum Gasteiger partial charge on any atom is -0.436 e. The first kappa shape index (κ1) is 16.0. The number of allylic oxidation sites excluding steroid dienone is 1. The van der Waals surface area contributed by atoms with Gasteiger partial charge in [-0.2, -0.15) is 0 Å². The lowest BCUT2D eigenvalue weighted by atomic mass is 10.1. The highest BCUT2D eigenvalue weighted by Crippen LogP contribution is 2.23. The van der Waals surface area contributed by atoms with E-state index in [9.17, 15) is 9.59 Å². The van der Waals surface area contributed by atoms with Gasteiger partial charge in [-0.25, -0.2) is 4.98 Å². The van der Waals surface area contributed by atoms with Crippen molar-refractivity contribution in [1.29, 1.82) is 0 Å². The number of nitrogens with zero attached hydrogens (tertiary/aromatic N) is 1. The van der Waals surface area contributed by atoms with E-state index >= 15 is 0 Å². The summed E-state index contributed by atoms with van der Waals surface area (Å²) in [6, 6.07) is 12.0. The van der Waals surface area contributed by atoms with Gasteiger partial charge in [-0.3, -0.25) is 9.59 Å². The maximum Gasteiger partial charge on any atom is 0.232 e. The van der Waals surface area contributed by atoms with Crippen LogP contribution in [0.4, 0.5) is 5.69 Å². The van der Waals surface area contributed by atoms with Crippen LogP contribution in [0.1, 0.15) is 23.2 Å². The van der Waals surface area contributed by atoms with Gasteiger partial charge in [-0.15, -0.1) is 0 Å². The fourth-order valence-electron chi connectivity index (χ4n) is 2.13. The summed E-state index contributed by atoms with van der Waals surface area (Å²) in [6.07, 6.45) is 2.16. The number of halogens is 1. The third-order valence-corrected chi connectivity index (χ3v) is 3.64. The van der Waals surface area contributed by atoms with Crippen molar-refractivity contribution < 1.29 is 14.0 Å². The van der Waals surface area contributed by atoms with Gasteiger partial charge in [0.2, 0.25) is 5.89 Å². The van der Waals surface area contributed by atoms with Crippen molar-refractivity contribution in [3.05, 3.63) is 65.1 Å². The lowest BCUT2D eigenvalue weighted by molar-refractivity contribution is -0.103. The average molecular weight is 341 g/mol. The first-order valence-electron chi connectivity index (χ1n) is 7.16. The van der Waals surface area contributed by atoms with Gasteiger partial charge in [-0.1, -0.05) is 11.6 Å². The minimum absolute atomic E-state index is 0.00388. The highest BCUT2D eigenvalue weighted by atomic mass is 35.5. The molecule has 0 saturated carbocycles. The molecular formula is C18H13ClN2O3. The Labute approximate surface area is 142 Å². The molecule has 0 aliphatic heterocycles. The van der Waals surface area contributed by atoms with Crippen molar-refractivity contribution in [1.82, 2.24) is 4.98 Å². The van der Waals surface area contributed by atoms with Crippen LogP contribution in [0.2, 0.25) is 5.02 Å². The van der Waals surface area contributed by atoms with Gasteiger partial charge in [0, 0.05) is 22.5 Å². The zero-order valence-corrected chi connectivity index (χ0v) is 13.5. The second-order valence-electron chi connectivity index (χ2n) is 5.13. The Balaban J connectivity index is 1.85. The van der Waals surface area contributed by atoms with Gasteiger partial charge in [0.25, 0.3) is 0 Å². The summed E-state index contributed by atoms with van der Waals surface area (Å²) in [5.74, 6) is 0.200. The lowest BCUT2D eigenvalue weighted by Crippen LogP contribution is -1.95. The number of carbonyl (C=O) groups is 2. The predicted octanol–water partition coefficient (Wildman–Crippen LogP) is 4.34.